The minimum Gasteiger partial charge on any atom is -0.375 e. The van der Waals surface area contributed by atoms with E-state index in [0.717, 1.165) is 25.7 Å². The van der Waals surface area contributed by atoms with E-state index in [1.54, 1.807) is 6.07 Å². The molecular weight excluding hydrogens is 373 g/mol. The number of benzene rings is 2. The van der Waals surface area contributed by atoms with Crippen LogP contribution in [0.4, 0.5) is 5.69 Å². The monoisotopic (exact) mass is 389 g/mol. The molecule has 0 saturated carbocycles. The Kier molecular flexibility index (Phi) is 4.30. The Morgan fingerprint density at radius 2 is 1.85 bits per heavy atom. The number of anilines is 1. The summed E-state index contributed by atoms with van der Waals surface area (Å²) in [6.45, 7) is 0. The van der Waals surface area contributed by atoms with Crippen LogP contribution >= 0.6 is 23.2 Å². The van der Waals surface area contributed by atoms with Crippen LogP contribution in [-0.2, 0) is 23.2 Å². The third-order valence-corrected chi connectivity index (χ3v) is 5.70. The van der Waals surface area contributed by atoms with Crippen molar-refractivity contribution in [2.75, 3.05) is 5.32 Å². The molecule has 0 bridgehead atoms. The van der Waals surface area contributed by atoms with Crippen molar-refractivity contribution in [3.63, 3.8) is 0 Å². The Hall–Kier alpha value is -1.88. The molecule has 0 spiro atoms. The van der Waals surface area contributed by atoms with Gasteiger partial charge in [-0.15, -0.1) is 0 Å². The maximum Gasteiger partial charge on any atom is 0.261 e. The fraction of sp³-hybridized carbons (Fsp3) is 0.300. The van der Waals surface area contributed by atoms with Gasteiger partial charge in [-0.2, -0.15) is 0 Å². The molecule has 4 nitrogen and oxygen atoms in total. The number of rotatable bonds is 3. The van der Waals surface area contributed by atoms with Crippen LogP contribution in [0.15, 0.2) is 30.3 Å². The van der Waals surface area contributed by atoms with Gasteiger partial charge < -0.3 is 10.4 Å². The van der Waals surface area contributed by atoms with Crippen LogP contribution in [0, 0.1) is 0 Å². The average molecular weight is 390 g/mol. The van der Waals surface area contributed by atoms with Crippen LogP contribution in [0.3, 0.4) is 0 Å². The van der Waals surface area contributed by atoms with Crippen LogP contribution in [0.5, 0.6) is 0 Å². The third-order valence-electron chi connectivity index (χ3n) is 5.18. The highest BCUT2D eigenvalue weighted by atomic mass is 35.5. The Bertz CT molecular complexity index is 941. The maximum atomic E-state index is 12.8. The predicted octanol–water partition coefficient (Wildman–Crippen LogP) is 4.28. The van der Waals surface area contributed by atoms with Gasteiger partial charge in [-0.05, 0) is 55.0 Å². The summed E-state index contributed by atoms with van der Waals surface area (Å²) in [5.41, 5.74) is 1.51. The van der Waals surface area contributed by atoms with E-state index in [9.17, 15) is 14.7 Å². The largest absolute Gasteiger partial charge is 0.375 e. The number of ketones is 1. The fourth-order valence-corrected chi connectivity index (χ4v) is 4.49. The molecule has 1 amide bonds. The topological polar surface area (TPSA) is 66.4 Å². The SMILES string of the molecule is O=C(C[C@@]1(O)C(=O)Nc2cc(Cl)cc(Cl)c21)c1ccc2c(c1)CCCC2. The minimum absolute atomic E-state index is 0.159. The van der Waals surface area contributed by atoms with Gasteiger partial charge in [-0.3, -0.25) is 9.59 Å². The van der Waals surface area contributed by atoms with Crippen LogP contribution in [0.25, 0.3) is 0 Å². The van der Waals surface area contributed by atoms with Crippen LogP contribution in [-0.4, -0.2) is 16.8 Å². The number of aryl methyl sites for hydroxylation is 2. The predicted molar refractivity (Wildman–Crippen MR) is 101 cm³/mol. The highest BCUT2D eigenvalue weighted by molar-refractivity contribution is 6.36. The highest BCUT2D eigenvalue weighted by Crippen LogP contribution is 2.44. The molecule has 26 heavy (non-hydrogen) atoms. The van der Waals surface area contributed by atoms with Gasteiger partial charge in [0.1, 0.15) is 0 Å². The molecule has 1 atom stereocenters. The van der Waals surface area contributed by atoms with Crippen molar-refractivity contribution < 1.29 is 14.7 Å². The van der Waals surface area contributed by atoms with Crippen molar-refractivity contribution >= 4 is 40.6 Å². The number of hydrogen-bond acceptors (Lipinski definition) is 3. The molecule has 2 aromatic rings. The summed E-state index contributed by atoms with van der Waals surface area (Å²) in [4.78, 5) is 25.2. The molecular formula is C20H17Cl2NO3. The first kappa shape index (κ1) is 17.5. The fourth-order valence-electron chi connectivity index (χ4n) is 3.84. The molecule has 0 saturated heterocycles. The molecule has 1 aliphatic heterocycles. The van der Waals surface area contributed by atoms with Gasteiger partial charge in [0.25, 0.3) is 5.91 Å². The third kappa shape index (κ3) is 2.82. The van der Waals surface area contributed by atoms with Crippen molar-refractivity contribution in [3.8, 4) is 0 Å². The smallest absolute Gasteiger partial charge is 0.261 e. The van der Waals surface area contributed by atoms with Crippen LogP contribution in [0.2, 0.25) is 10.0 Å². The van der Waals surface area contributed by atoms with Gasteiger partial charge in [-0.25, -0.2) is 0 Å². The Morgan fingerprint density at radius 1 is 1.12 bits per heavy atom. The molecule has 0 unspecified atom stereocenters. The van der Waals surface area contributed by atoms with Crippen molar-refractivity contribution in [2.24, 2.45) is 0 Å². The Morgan fingerprint density at radius 3 is 2.62 bits per heavy atom. The molecule has 2 aliphatic rings. The summed E-state index contributed by atoms with van der Waals surface area (Å²) in [5, 5.41) is 14.1. The number of carbonyl (C=O) groups is 2. The number of carbonyl (C=O) groups excluding carboxylic acids is 2. The number of nitrogens with one attached hydrogen (secondary N) is 1. The minimum atomic E-state index is -2.00. The number of Topliss-reactive ketones (excluding diaryl/α,β-unsaturated/α-hetero) is 1. The van der Waals surface area contributed by atoms with E-state index in [4.69, 9.17) is 23.2 Å². The second-order valence-corrected chi connectivity index (χ2v) is 7.76. The zero-order chi connectivity index (χ0) is 18.5. The van der Waals surface area contributed by atoms with E-state index in [1.165, 1.54) is 23.3 Å². The van der Waals surface area contributed by atoms with Crippen LogP contribution in [0.1, 0.15) is 46.3 Å². The Balaban J connectivity index is 1.67. The second kappa shape index (κ2) is 6.38. The van der Waals surface area contributed by atoms with E-state index in [0.29, 0.717) is 16.3 Å². The molecule has 2 N–H and O–H groups in total. The highest BCUT2D eigenvalue weighted by Gasteiger charge is 2.48. The molecule has 1 aliphatic carbocycles. The molecule has 1 heterocycles. The van der Waals surface area contributed by atoms with Gasteiger partial charge >= 0.3 is 0 Å². The zero-order valence-electron chi connectivity index (χ0n) is 13.9. The first-order valence-electron chi connectivity index (χ1n) is 8.57. The molecule has 0 aromatic heterocycles. The Labute approximate surface area is 161 Å². The van der Waals surface area contributed by atoms with Gasteiger partial charge in [-0.1, -0.05) is 35.3 Å². The first-order chi connectivity index (χ1) is 12.4. The lowest BCUT2D eigenvalue weighted by Crippen LogP contribution is -2.36. The number of halogens is 2. The summed E-state index contributed by atoms with van der Waals surface area (Å²) in [6, 6.07) is 8.60. The molecule has 6 heteroatoms. The summed E-state index contributed by atoms with van der Waals surface area (Å²) < 4.78 is 0. The van der Waals surface area contributed by atoms with Crippen molar-refractivity contribution in [3.05, 3.63) is 62.6 Å². The summed E-state index contributed by atoms with van der Waals surface area (Å²) in [6.07, 6.45) is 3.89. The van der Waals surface area contributed by atoms with E-state index >= 15 is 0 Å². The molecule has 4 rings (SSSR count). The maximum absolute atomic E-state index is 12.8. The molecule has 0 fully saturated rings. The van der Waals surface area contributed by atoms with E-state index in [2.05, 4.69) is 5.32 Å². The standard InChI is InChI=1S/C20H17Cl2NO3/c21-14-8-15(22)18-16(9-14)23-19(25)20(18,26)10-17(24)13-6-5-11-3-1-2-4-12(11)7-13/h5-9,26H,1-4,10H2,(H,23,25)/t20-/m0/s1. The summed E-state index contributed by atoms with van der Waals surface area (Å²) >= 11 is 12.2. The lowest BCUT2D eigenvalue weighted by molar-refractivity contribution is -0.133. The van der Waals surface area contributed by atoms with Gasteiger partial charge in [0.05, 0.1) is 17.1 Å². The lowest BCUT2D eigenvalue weighted by Gasteiger charge is -2.22. The van der Waals surface area contributed by atoms with Crippen molar-refractivity contribution in [1.82, 2.24) is 0 Å². The molecule has 0 radical (unpaired) electrons. The van der Waals surface area contributed by atoms with E-state index < -0.39 is 11.5 Å². The molecule has 134 valence electrons. The number of aliphatic hydroxyl groups is 1. The quantitative estimate of drug-likeness (QED) is 0.769. The van der Waals surface area contributed by atoms with Gasteiger partial charge in [0.2, 0.25) is 0 Å². The zero-order valence-corrected chi connectivity index (χ0v) is 15.5. The number of hydrogen-bond donors (Lipinski definition) is 2. The van der Waals surface area contributed by atoms with E-state index in [1.807, 2.05) is 12.1 Å². The van der Waals surface area contributed by atoms with E-state index in [-0.39, 0.29) is 22.8 Å². The summed E-state index contributed by atoms with van der Waals surface area (Å²) in [5.74, 6) is -0.960. The van der Waals surface area contributed by atoms with Crippen molar-refractivity contribution in [1.29, 1.82) is 0 Å². The van der Waals surface area contributed by atoms with Crippen LogP contribution < -0.4 is 5.32 Å². The first-order valence-corrected chi connectivity index (χ1v) is 9.32. The number of amides is 1. The second-order valence-electron chi connectivity index (χ2n) is 6.92. The normalized spacial score (nSPS) is 21.1. The van der Waals surface area contributed by atoms with Gasteiger partial charge in [0.15, 0.2) is 11.4 Å². The van der Waals surface area contributed by atoms with Crippen molar-refractivity contribution in [2.45, 2.75) is 37.7 Å². The molecule has 2 aromatic carbocycles. The summed E-state index contributed by atoms with van der Waals surface area (Å²) in [7, 11) is 0. The van der Waals surface area contributed by atoms with Gasteiger partial charge in [0, 0.05) is 16.1 Å². The lowest BCUT2D eigenvalue weighted by atomic mass is 9.85. The average Bonchev–Trinajstić information content (AvgIpc) is 2.84. The number of fused-ring (bicyclic) bond motifs is 2.